The smallest absolute Gasteiger partial charge is 0.408 e. The van der Waals surface area contributed by atoms with Crippen molar-refractivity contribution in [1.82, 2.24) is 24.9 Å². The number of aryl methyl sites for hydroxylation is 1. The molecule has 0 spiro atoms. The number of anilines is 2. The Kier molecular flexibility index (Phi) is 5.33. The van der Waals surface area contributed by atoms with Crippen LogP contribution in [0.25, 0.3) is 0 Å². The molecule has 3 aromatic rings. The van der Waals surface area contributed by atoms with E-state index in [-0.39, 0.29) is 35.6 Å². The van der Waals surface area contributed by atoms with Gasteiger partial charge < -0.3 is 19.5 Å². The van der Waals surface area contributed by atoms with Gasteiger partial charge in [-0.2, -0.15) is 23.1 Å². The molecule has 2 fully saturated rings. The van der Waals surface area contributed by atoms with Crippen LogP contribution in [0, 0.1) is 24.6 Å². The van der Waals surface area contributed by atoms with Crippen LogP contribution in [0.2, 0.25) is 0 Å². The van der Waals surface area contributed by atoms with Crippen molar-refractivity contribution < 1.29 is 26.8 Å². The zero-order valence-corrected chi connectivity index (χ0v) is 17.6. The molecule has 2 aliphatic rings. The first-order chi connectivity index (χ1) is 15.7. The highest BCUT2D eigenvalue weighted by molar-refractivity contribution is 5.35. The Bertz CT molecular complexity index is 1120. The van der Waals surface area contributed by atoms with E-state index in [1.807, 2.05) is 4.90 Å². The van der Waals surface area contributed by atoms with E-state index < -0.39 is 18.5 Å². The number of aromatic nitrogens is 5. The number of benzene rings is 1. The molecule has 5 rings (SSSR count). The molecule has 13 heteroatoms. The molecule has 1 saturated heterocycles. The van der Waals surface area contributed by atoms with Gasteiger partial charge in [-0.15, -0.1) is 5.10 Å². The van der Waals surface area contributed by atoms with Gasteiger partial charge in [0.1, 0.15) is 18.1 Å². The summed E-state index contributed by atoms with van der Waals surface area (Å²) in [4.78, 5) is 10.5. The number of piperidine rings is 1. The Hall–Kier alpha value is -3.38. The summed E-state index contributed by atoms with van der Waals surface area (Å²) in [7, 11) is 0. The molecule has 1 aliphatic heterocycles. The van der Waals surface area contributed by atoms with Crippen LogP contribution in [-0.4, -0.2) is 50.2 Å². The van der Waals surface area contributed by atoms with Crippen molar-refractivity contribution >= 4 is 12.0 Å². The Balaban J connectivity index is 1.34. The maximum absolute atomic E-state index is 13.5. The summed E-state index contributed by atoms with van der Waals surface area (Å²) in [5, 5.41) is 11.0. The van der Waals surface area contributed by atoms with Gasteiger partial charge in [-0.3, -0.25) is 0 Å². The predicted molar refractivity (Wildman–Crippen MR) is 107 cm³/mol. The number of nitrogens with zero attached hydrogens (tertiary/aromatic N) is 6. The van der Waals surface area contributed by atoms with Crippen LogP contribution in [-0.2, 0) is 6.54 Å². The van der Waals surface area contributed by atoms with Gasteiger partial charge in [0.2, 0.25) is 5.95 Å². The van der Waals surface area contributed by atoms with Crippen LogP contribution in [0.3, 0.4) is 0 Å². The average molecular weight is 467 g/mol. The quantitative estimate of drug-likeness (QED) is 0.548. The van der Waals surface area contributed by atoms with Gasteiger partial charge in [0, 0.05) is 25.2 Å². The standard InChI is InChI=1S/C20H21F4N7O2/c1-11-25-18(33-29-11)30-8-12-5-6-13(9-30)16(12)26-17-27-19(31(28-17)10-20(22,23)24)32-15-4-2-3-14(21)7-15/h2-4,7,12-13,16H,5-6,8-10H2,1H3,(H,26,28). The largest absolute Gasteiger partial charge is 0.424 e. The molecular formula is C20H21F4N7O2. The highest BCUT2D eigenvalue weighted by Gasteiger charge is 2.44. The van der Waals surface area contributed by atoms with E-state index >= 15 is 0 Å². The second-order valence-electron chi connectivity index (χ2n) is 8.35. The number of alkyl halides is 3. The lowest BCUT2D eigenvalue weighted by Crippen LogP contribution is -2.48. The van der Waals surface area contributed by atoms with Crippen LogP contribution in [0.4, 0.5) is 29.5 Å². The minimum atomic E-state index is -4.53. The summed E-state index contributed by atoms with van der Waals surface area (Å²) < 4.78 is 64.1. The second-order valence-corrected chi connectivity index (χ2v) is 8.35. The highest BCUT2D eigenvalue weighted by Crippen LogP contribution is 2.40. The van der Waals surface area contributed by atoms with Gasteiger partial charge in [0.15, 0.2) is 5.82 Å². The normalized spacial score (nSPS) is 22.6. The monoisotopic (exact) mass is 467 g/mol. The summed E-state index contributed by atoms with van der Waals surface area (Å²) in [5.74, 6) is 0.460. The third-order valence-corrected chi connectivity index (χ3v) is 5.89. The van der Waals surface area contributed by atoms with Crippen LogP contribution < -0.4 is 15.0 Å². The predicted octanol–water partition coefficient (Wildman–Crippen LogP) is 3.79. The SMILES string of the molecule is Cc1noc(N2CC3CCC(C2)C3Nc2nc(Oc3cccc(F)c3)n(CC(F)(F)F)n2)n1. The molecule has 2 aromatic heterocycles. The molecule has 3 heterocycles. The van der Waals surface area contributed by atoms with E-state index in [9.17, 15) is 17.6 Å². The molecule has 2 unspecified atom stereocenters. The van der Waals surface area contributed by atoms with Crippen LogP contribution in [0.5, 0.6) is 11.8 Å². The molecule has 2 bridgehead atoms. The molecule has 33 heavy (non-hydrogen) atoms. The number of rotatable bonds is 6. The van der Waals surface area contributed by atoms with Crippen LogP contribution in [0.1, 0.15) is 18.7 Å². The third-order valence-electron chi connectivity index (χ3n) is 5.89. The first-order valence-corrected chi connectivity index (χ1v) is 10.5. The van der Waals surface area contributed by atoms with Gasteiger partial charge in [0.05, 0.1) is 0 Å². The van der Waals surface area contributed by atoms with E-state index in [0.717, 1.165) is 18.9 Å². The molecule has 0 radical (unpaired) electrons. The Labute approximate surface area is 185 Å². The van der Waals surface area contributed by atoms with Crippen LogP contribution in [0.15, 0.2) is 28.8 Å². The Morgan fingerprint density at radius 1 is 1.18 bits per heavy atom. The van der Waals surface area contributed by atoms with Crippen molar-refractivity contribution in [3.63, 3.8) is 0 Å². The first kappa shape index (κ1) is 21.5. The fourth-order valence-corrected chi connectivity index (χ4v) is 4.55. The number of ether oxygens (including phenoxy) is 1. The lowest BCUT2D eigenvalue weighted by Gasteiger charge is -2.37. The van der Waals surface area contributed by atoms with Crippen molar-refractivity contribution in [2.45, 2.75) is 38.5 Å². The van der Waals surface area contributed by atoms with Gasteiger partial charge in [-0.25, -0.2) is 9.07 Å². The van der Waals surface area contributed by atoms with Gasteiger partial charge in [0.25, 0.3) is 0 Å². The zero-order valence-electron chi connectivity index (χ0n) is 17.6. The average Bonchev–Trinajstić information content (AvgIpc) is 3.37. The fourth-order valence-electron chi connectivity index (χ4n) is 4.55. The van der Waals surface area contributed by atoms with Crippen molar-refractivity contribution in [3.05, 3.63) is 35.9 Å². The van der Waals surface area contributed by atoms with Gasteiger partial charge in [-0.05, 0) is 43.7 Å². The zero-order chi connectivity index (χ0) is 23.2. The first-order valence-electron chi connectivity index (χ1n) is 10.5. The summed E-state index contributed by atoms with van der Waals surface area (Å²) in [6, 6.07) is 5.18. The molecule has 2 atom stereocenters. The Morgan fingerprint density at radius 3 is 2.58 bits per heavy atom. The molecular weight excluding hydrogens is 446 g/mol. The topological polar surface area (TPSA) is 94.1 Å². The summed E-state index contributed by atoms with van der Waals surface area (Å²) in [6.07, 6.45) is -2.64. The molecule has 0 amide bonds. The minimum Gasteiger partial charge on any atom is -0.424 e. The maximum atomic E-state index is 13.5. The van der Waals surface area contributed by atoms with E-state index in [2.05, 4.69) is 25.5 Å². The molecule has 1 aromatic carbocycles. The number of nitrogens with one attached hydrogen (secondary N) is 1. The van der Waals surface area contributed by atoms with E-state index in [1.54, 1.807) is 6.92 Å². The molecule has 1 N–H and O–H groups in total. The Morgan fingerprint density at radius 2 is 1.94 bits per heavy atom. The number of hydrogen-bond donors (Lipinski definition) is 1. The lowest BCUT2D eigenvalue weighted by atomic mass is 9.92. The van der Waals surface area contributed by atoms with E-state index in [0.29, 0.717) is 29.6 Å². The van der Waals surface area contributed by atoms with Crippen molar-refractivity contribution in [3.8, 4) is 11.8 Å². The highest BCUT2D eigenvalue weighted by atomic mass is 19.4. The number of halogens is 4. The summed E-state index contributed by atoms with van der Waals surface area (Å²) >= 11 is 0. The fraction of sp³-hybridized carbons (Fsp3) is 0.500. The van der Waals surface area contributed by atoms with Crippen molar-refractivity contribution in [2.24, 2.45) is 11.8 Å². The van der Waals surface area contributed by atoms with Gasteiger partial charge >= 0.3 is 18.2 Å². The molecule has 9 nitrogen and oxygen atoms in total. The number of fused-ring (bicyclic) bond motifs is 2. The summed E-state index contributed by atoms with van der Waals surface area (Å²) in [6.45, 7) is 1.72. The van der Waals surface area contributed by atoms with E-state index in [1.165, 1.54) is 18.2 Å². The molecule has 1 saturated carbocycles. The van der Waals surface area contributed by atoms with E-state index in [4.69, 9.17) is 9.26 Å². The molecule has 1 aliphatic carbocycles. The number of hydrogen-bond acceptors (Lipinski definition) is 8. The van der Waals surface area contributed by atoms with Gasteiger partial charge in [-0.1, -0.05) is 11.2 Å². The third kappa shape index (κ3) is 4.71. The lowest BCUT2D eigenvalue weighted by molar-refractivity contribution is -0.143. The van der Waals surface area contributed by atoms with Crippen LogP contribution >= 0.6 is 0 Å². The van der Waals surface area contributed by atoms with Crippen molar-refractivity contribution in [1.29, 1.82) is 0 Å². The second kappa shape index (κ2) is 8.19. The van der Waals surface area contributed by atoms with Crippen molar-refractivity contribution in [2.75, 3.05) is 23.3 Å². The maximum Gasteiger partial charge on any atom is 0.408 e. The minimum absolute atomic E-state index is 0.0194. The molecule has 176 valence electrons. The summed E-state index contributed by atoms with van der Waals surface area (Å²) in [5.41, 5.74) is 0.